The molecule has 17 heavy (non-hydrogen) atoms. The van der Waals surface area contributed by atoms with E-state index < -0.39 is 18.6 Å². The first-order valence-electron chi connectivity index (χ1n) is 4.64. The first-order chi connectivity index (χ1) is 7.83. The van der Waals surface area contributed by atoms with E-state index in [-0.39, 0.29) is 22.1 Å². The Balaban J connectivity index is 3.20. The van der Waals surface area contributed by atoms with Crippen molar-refractivity contribution in [2.45, 2.75) is 12.0 Å². The van der Waals surface area contributed by atoms with Gasteiger partial charge in [0.2, 0.25) is 0 Å². The number of ether oxygens (including phenoxy) is 1. The molecule has 0 aliphatic carbocycles. The molecule has 4 nitrogen and oxygen atoms in total. The highest BCUT2D eigenvalue weighted by Crippen LogP contribution is 2.39. The van der Waals surface area contributed by atoms with Crippen molar-refractivity contribution >= 4 is 11.6 Å². The summed E-state index contributed by atoms with van der Waals surface area (Å²) in [6.07, 6.45) is 0. The Morgan fingerprint density at radius 1 is 1.53 bits per heavy atom. The maximum Gasteiger partial charge on any atom is 0.289 e. The number of methoxy groups -OCH3 is 1. The summed E-state index contributed by atoms with van der Waals surface area (Å²) in [6, 6.07) is 0.516. The third kappa shape index (κ3) is 2.77. The van der Waals surface area contributed by atoms with Crippen LogP contribution in [0.3, 0.4) is 0 Å². The zero-order valence-electron chi connectivity index (χ0n) is 8.95. The van der Waals surface area contributed by atoms with Gasteiger partial charge < -0.3 is 20.7 Å². The summed E-state index contributed by atoms with van der Waals surface area (Å²) >= 11 is 5.64. The Hall–Kier alpha value is -1.11. The molecule has 0 amide bonds. The summed E-state index contributed by atoms with van der Waals surface area (Å²) in [5, 5.41) is 17.8. The van der Waals surface area contributed by atoms with Gasteiger partial charge in [-0.25, -0.2) is 8.78 Å². The van der Waals surface area contributed by atoms with Gasteiger partial charge in [-0.15, -0.1) is 0 Å². The van der Waals surface area contributed by atoms with E-state index in [1.165, 1.54) is 7.11 Å². The van der Waals surface area contributed by atoms with Gasteiger partial charge in [-0.1, -0.05) is 11.6 Å². The molecule has 1 rings (SSSR count). The van der Waals surface area contributed by atoms with Gasteiger partial charge in [0, 0.05) is 0 Å². The summed E-state index contributed by atoms with van der Waals surface area (Å²) in [7, 11) is 1.25. The van der Waals surface area contributed by atoms with E-state index in [0.717, 1.165) is 12.1 Å². The van der Waals surface area contributed by atoms with Crippen LogP contribution in [0.2, 0.25) is 5.02 Å². The Labute approximate surface area is 102 Å². The molecule has 0 bridgehead atoms. The molecule has 7 heteroatoms. The van der Waals surface area contributed by atoms with Gasteiger partial charge in [0.05, 0.1) is 18.2 Å². The van der Waals surface area contributed by atoms with Crippen molar-refractivity contribution in [3.05, 3.63) is 22.7 Å². The molecular weight excluding hydrogens is 256 g/mol. The fourth-order valence-corrected chi connectivity index (χ4v) is 1.49. The predicted molar refractivity (Wildman–Crippen MR) is 58.6 cm³/mol. The van der Waals surface area contributed by atoms with Crippen LogP contribution in [-0.2, 0) is 0 Å². The first kappa shape index (κ1) is 14.0. The summed E-state index contributed by atoms with van der Waals surface area (Å²) < 4.78 is 31.1. The molecule has 1 aromatic rings. The molecule has 0 heterocycles. The van der Waals surface area contributed by atoms with Gasteiger partial charge in [0.25, 0.3) is 5.92 Å². The highest BCUT2D eigenvalue weighted by molar-refractivity contribution is 6.32. The number of aliphatic hydroxyl groups is 1. The van der Waals surface area contributed by atoms with Gasteiger partial charge in [0.1, 0.15) is 6.61 Å². The van der Waals surface area contributed by atoms with Gasteiger partial charge in [-0.2, -0.15) is 0 Å². The summed E-state index contributed by atoms with van der Waals surface area (Å²) in [4.78, 5) is 0. The number of rotatable bonds is 4. The molecule has 0 saturated carbocycles. The molecule has 0 spiro atoms. The molecule has 1 aromatic carbocycles. The predicted octanol–water partition coefficient (Wildman–Crippen LogP) is 1.68. The maximum atomic E-state index is 13.2. The smallest absolute Gasteiger partial charge is 0.289 e. The first-order valence-corrected chi connectivity index (χ1v) is 5.02. The number of aliphatic hydroxyl groups excluding tert-OH is 1. The molecular formula is C10H12ClF2NO3. The second-order valence-corrected chi connectivity index (χ2v) is 3.86. The van der Waals surface area contributed by atoms with E-state index in [9.17, 15) is 13.9 Å². The molecule has 0 fully saturated rings. The van der Waals surface area contributed by atoms with E-state index in [1.54, 1.807) is 0 Å². The van der Waals surface area contributed by atoms with E-state index in [2.05, 4.69) is 0 Å². The monoisotopic (exact) mass is 267 g/mol. The number of halogens is 3. The third-order valence-electron chi connectivity index (χ3n) is 2.30. The Morgan fingerprint density at radius 2 is 2.12 bits per heavy atom. The topological polar surface area (TPSA) is 75.7 Å². The molecule has 1 atom stereocenters. The van der Waals surface area contributed by atoms with E-state index in [1.807, 2.05) is 0 Å². The van der Waals surface area contributed by atoms with Crippen LogP contribution in [0.1, 0.15) is 11.6 Å². The van der Waals surface area contributed by atoms with Crippen molar-refractivity contribution in [2.24, 2.45) is 5.73 Å². The van der Waals surface area contributed by atoms with Crippen LogP contribution in [-0.4, -0.2) is 29.9 Å². The minimum absolute atomic E-state index is 0.0382. The standard InChI is InChI=1S/C10H12ClF2NO3/c1-17-7-3-5(2-6(11)8(7)16)9(14)10(12,13)4-15/h2-3,9,15-16H,4,14H2,1H3/t9-/m1/s1. The molecule has 0 aliphatic heterocycles. The van der Waals surface area contributed by atoms with Crippen molar-refractivity contribution in [1.29, 1.82) is 0 Å². The molecule has 0 saturated heterocycles. The number of aromatic hydroxyl groups is 1. The van der Waals surface area contributed by atoms with Crippen LogP contribution < -0.4 is 10.5 Å². The number of phenolic OH excluding ortho intramolecular Hbond substituents is 1. The van der Waals surface area contributed by atoms with E-state index in [4.69, 9.17) is 27.2 Å². The van der Waals surface area contributed by atoms with Gasteiger partial charge >= 0.3 is 0 Å². The summed E-state index contributed by atoms with van der Waals surface area (Å²) in [5.41, 5.74) is 5.28. The van der Waals surface area contributed by atoms with E-state index >= 15 is 0 Å². The lowest BCUT2D eigenvalue weighted by molar-refractivity contribution is -0.0712. The molecule has 0 unspecified atom stereocenters. The minimum atomic E-state index is -3.48. The molecule has 4 N–H and O–H groups in total. The van der Waals surface area contributed by atoms with Crippen molar-refractivity contribution in [3.8, 4) is 11.5 Å². The molecule has 0 aromatic heterocycles. The average Bonchev–Trinajstić information content (AvgIpc) is 2.31. The minimum Gasteiger partial charge on any atom is -0.503 e. The number of alkyl halides is 2. The lowest BCUT2D eigenvalue weighted by Gasteiger charge is -2.22. The summed E-state index contributed by atoms with van der Waals surface area (Å²) in [6.45, 7) is -1.38. The second-order valence-electron chi connectivity index (χ2n) is 3.45. The SMILES string of the molecule is COc1cc([C@@H](N)C(F)(F)CO)cc(Cl)c1O. The highest BCUT2D eigenvalue weighted by Gasteiger charge is 2.38. The number of phenols is 1. The number of nitrogens with two attached hydrogens (primary N) is 1. The maximum absolute atomic E-state index is 13.2. The van der Waals surface area contributed by atoms with Crippen LogP contribution in [0, 0.1) is 0 Å². The summed E-state index contributed by atoms with van der Waals surface area (Å²) in [5.74, 6) is -3.89. The van der Waals surface area contributed by atoms with Gasteiger partial charge in [0.15, 0.2) is 11.5 Å². The largest absolute Gasteiger partial charge is 0.503 e. The second kappa shape index (κ2) is 5.03. The van der Waals surface area contributed by atoms with Crippen molar-refractivity contribution < 1.29 is 23.7 Å². The van der Waals surface area contributed by atoms with Gasteiger partial charge in [-0.3, -0.25) is 0 Å². The van der Waals surface area contributed by atoms with Crippen LogP contribution in [0.25, 0.3) is 0 Å². The highest BCUT2D eigenvalue weighted by atomic mass is 35.5. The average molecular weight is 268 g/mol. The Bertz CT molecular complexity index is 415. The zero-order valence-corrected chi connectivity index (χ0v) is 9.71. The lowest BCUT2D eigenvalue weighted by Crippen LogP contribution is -2.36. The normalized spacial score (nSPS) is 13.5. The molecule has 0 aliphatic rings. The number of hydrogen-bond acceptors (Lipinski definition) is 4. The van der Waals surface area contributed by atoms with Crippen molar-refractivity contribution in [1.82, 2.24) is 0 Å². The van der Waals surface area contributed by atoms with Crippen molar-refractivity contribution in [2.75, 3.05) is 13.7 Å². The Morgan fingerprint density at radius 3 is 2.59 bits per heavy atom. The quantitative estimate of drug-likeness (QED) is 0.776. The van der Waals surface area contributed by atoms with Crippen LogP contribution in [0.15, 0.2) is 12.1 Å². The third-order valence-corrected chi connectivity index (χ3v) is 2.58. The lowest BCUT2D eigenvalue weighted by atomic mass is 10.0. The van der Waals surface area contributed by atoms with Crippen LogP contribution >= 0.6 is 11.6 Å². The number of benzene rings is 1. The van der Waals surface area contributed by atoms with Crippen LogP contribution in [0.4, 0.5) is 8.78 Å². The van der Waals surface area contributed by atoms with E-state index in [0.29, 0.717) is 0 Å². The van der Waals surface area contributed by atoms with Gasteiger partial charge in [-0.05, 0) is 17.7 Å². The fourth-order valence-electron chi connectivity index (χ4n) is 1.27. The van der Waals surface area contributed by atoms with Crippen LogP contribution in [0.5, 0.6) is 11.5 Å². The number of hydrogen-bond donors (Lipinski definition) is 3. The van der Waals surface area contributed by atoms with Crippen molar-refractivity contribution in [3.63, 3.8) is 0 Å². The fraction of sp³-hybridized carbons (Fsp3) is 0.400. The zero-order chi connectivity index (χ0) is 13.2. The molecule has 96 valence electrons. The Kier molecular flexibility index (Phi) is 4.13. The molecule has 0 radical (unpaired) electrons.